The number of rotatable bonds is 10. The van der Waals surface area contributed by atoms with Crippen LogP contribution < -0.4 is 19.1 Å². The molecule has 12 heteroatoms. The Kier molecular flexibility index (Phi) is 9.55. The lowest BCUT2D eigenvalue weighted by Gasteiger charge is -2.32. The summed E-state index contributed by atoms with van der Waals surface area (Å²) in [5.74, 6) is 0.0828. The molecule has 3 rings (SSSR count). The first kappa shape index (κ1) is 28.9. The first-order valence-corrected chi connectivity index (χ1v) is 14.4. The van der Waals surface area contributed by atoms with Gasteiger partial charge in [0.15, 0.2) is 11.5 Å². The van der Waals surface area contributed by atoms with Gasteiger partial charge in [0.25, 0.3) is 0 Å². The number of anilines is 1. The molecule has 2 aromatic rings. The molecule has 202 valence electrons. The van der Waals surface area contributed by atoms with Crippen LogP contribution >= 0.6 is 23.2 Å². The van der Waals surface area contributed by atoms with Crippen molar-refractivity contribution in [3.8, 4) is 11.5 Å². The van der Waals surface area contributed by atoms with Crippen LogP contribution in [0.4, 0.5) is 5.69 Å². The van der Waals surface area contributed by atoms with Gasteiger partial charge in [0.2, 0.25) is 21.8 Å². The highest BCUT2D eigenvalue weighted by atomic mass is 35.5. The molecule has 37 heavy (non-hydrogen) atoms. The summed E-state index contributed by atoms with van der Waals surface area (Å²) in [7, 11) is -3.89. The number of fused-ring (bicyclic) bond motifs is 1. The number of hydrogen-bond donors (Lipinski definition) is 1. The summed E-state index contributed by atoms with van der Waals surface area (Å²) in [5, 5.41) is 3.47. The first-order chi connectivity index (χ1) is 17.4. The van der Waals surface area contributed by atoms with Crippen molar-refractivity contribution in [1.29, 1.82) is 0 Å². The summed E-state index contributed by atoms with van der Waals surface area (Å²) < 4.78 is 37.6. The number of sulfonamides is 1. The molecule has 1 atom stereocenters. The van der Waals surface area contributed by atoms with E-state index >= 15 is 0 Å². The van der Waals surface area contributed by atoms with Crippen LogP contribution in [0.5, 0.6) is 11.5 Å². The van der Waals surface area contributed by atoms with Crippen LogP contribution in [0.2, 0.25) is 10.0 Å². The van der Waals surface area contributed by atoms with Gasteiger partial charge in [-0.15, -0.1) is 0 Å². The number of halogens is 2. The van der Waals surface area contributed by atoms with Crippen molar-refractivity contribution in [3.63, 3.8) is 0 Å². The molecule has 9 nitrogen and oxygen atoms in total. The Morgan fingerprint density at radius 3 is 2.24 bits per heavy atom. The lowest BCUT2D eigenvalue weighted by atomic mass is 10.1. The molecule has 1 N–H and O–H groups in total. The van der Waals surface area contributed by atoms with Gasteiger partial charge in [-0.25, -0.2) is 8.42 Å². The Morgan fingerprint density at radius 2 is 1.65 bits per heavy atom. The van der Waals surface area contributed by atoms with E-state index in [-0.39, 0.29) is 24.1 Å². The van der Waals surface area contributed by atoms with Crippen molar-refractivity contribution >= 4 is 50.7 Å². The Bertz CT molecular complexity index is 1230. The fraction of sp³-hybridized carbons (Fsp3) is 0.440. The van der Waals surface area contributed by atoms with Crippen molar-refractivity contribution in [1.82, 2.24) is 10.2 Å². The van der Waals surface area contributed by atoms with E-state index in [1.807, 2.05) is 13.8 Å². The number of nitrogens with one attached hydrogen (secondary N) is 1. The van der Waals surface area contributed by atoms with E-state index < -0.39 is 28.5 Å². The van der Waals surface area contributed by atoms with Gasteiger partial charge in [0.05, 0.1) is 11.9 Å². The van der Waals surface area contributed by atoms with Crippen LogP contribution in [0, 0.1) is 5.92 Å². The molecule has 0 radical (unpaired) electrons. The molecule has 1 heterocycles. The Hall–Kier alpha value is -2.69. The highest BCUT2D eigenvalue weighted by molar-refractivity contribution is 7.92. The molecule has 0 aliphatic carbocycles. The summed E-state index contributed by atoms with van der Waals surface area (Å²) in [6, 6.07) is 8.65. The summed E-state index contributed by atoms with van der Waals surface area (Å²) in [4.78, 5) is 27.9. The zero-order chi connectivity index (χ0) is 27.3. The number of hydrogen-bond acceptors (Lipinski definition) is 6. The Morgan fingerprint density at radius 1 is 1.03 bits per heavy atom. The number of nitrogens with zero attached hydrogens (tertiary/aromatic N) is 2. The Labute approximate surface area is 227 Å². The molecule has 0 bridgehead atoms. The van der Waals surface area contributed by atoms with Crippen LogP contribution in [0.25, 0.3) is 0 Å². The quantitative estimate of drug-likeness (QED) is 0.466. The molecule has 0 aromatic heterocycles. The van der Waals surface area contributed by atoms with E-state index in [1.54, 1.807) is 31.2 Å². The third-order valence-corrected chi connectivity index (χ3v) is 7.58. The van der Waals surface area contributed by atoms with Crippen molar-refractivity contribution in [2.45, 2.75) is 33.4 Å². The third-order valence-electron chi connectivity index (χ3n) is 5.73. The van der Waals surface area contributed by atoms with Gasteiger partial charge in [-0.3, -0.25) is 13.9 Å². The van der Waals surface area contributed by atoms with Gasteiger partial charge in [-0.2, -0.15) is 0 Å². The number of benzene rings is 2. The maximum absolute atomic E-state index is 13.7. The molecule has 0 fully saturated rings. The van der Waals surface area contributed by atoms with Crippen molar-refractivity contribution in [2.75, 3.05) is 36.9 Å². The van der Waals surface area contributed by atoms with Crippen LogP contribution in [0.1, 0.15) is 26.3 Å². The number of ether oxygens (including phenoxy) is 2. The average molecular weight is 573 g/mol. The van der Waals surface area contributed by atoms with Crippen molar-refractivity contribution < 1.29 is 27.5 Å². The molecule has 2 amide bonds. The minimum absolute atomic E-state index is 0.0909. The molecule has 0 saturated carbocycles. The minimum Gasteiger partial charge on any atom is -0.486 e. The maximum atomic E-state index is 13.7. The first-order valence-electron chi connectivity index (χ1n) is 11.8. The second kappa shape index (κ2) is 12.2. The third kappa shape index (κ3) is 7.43. The van der Waals surface area contributed by atoms with E-state index in [9.17, 15) is 18.0 Å². The monoisotopic (exact) mass is 571 g/mol. The van der Waals surface area contributed by atoms with E-state index in [0.29, 0.717) is 46.9 Å². The zero-order valence-corrected chi connectivity index (χ0v) is 23.5. The highest BCUT2D eigenvalue weighted by Gasteiger charge is 2.31. The maximum Gasteiger partial charge on any atom is 0.244 e. The number of carbonyl (C=O) groups excluding carboxylic acids is 2. The standard InChI is InChI=1S/C25H31Cl2N3O6S/c1-16(2)13-28-25(32)17(3)29(14-19-20(26)6-5-7-21(19)27)24(31)15-30(37(4,33)34)18-8-9-22-23(12-18)36-11-10-35-22/h5-9,12,16-17H,10-11,13-15H2,1-4H3,(H,28,32). The van der Waals surface area contributed by atoms with Crippen LogP contribution in [0.15, 0.2) is 36.4 Å². The molecule has 1 aliphatic rings. The van der Waals surface area contributed by atoms with E-state index in [4.69, 9.17) is 32.7 Å². The van der Waals surface area contributed by atoms with Gasteiger partial charge < -0.3 is 19.7 Å². The van der Waals surface area contributed by atoms with Crippen LogP contribution in [-0.4, -0.2) is 63.7 Å². The van der Waals surface area contributed by atoms with E-state index in [1.165, 1.54) is 17.0 Å². The highest BCUT2D eigenvalue weighted by Crippen LogP contribution is 2.35. The summed E-state index contributed by atoms with van der Waals surface area (Å²) in [5.41, 5.74) is 0.681. The topological polar surface area (TPSA) is 105 Å². The molecular weight excluding hydrogens is 541 g/mol. The molecular formula is C25H31Cl2N3O6S. The van der Waals surface area contributed by atoms with Crippen LogP contribution in [-0.2, 0) is 26.2 Å². The number of carbonyl (C=O) groups is 2. The summed E-state index contributed by atoms with van der Waals surface area (Å²) in [6.07, 6.45) is 1.01. The van der Waals surface area contributed by atoms with Gasteiger partial charge in [0.1, 0.15) is 25.8 Å². The van der Waals surface area contributed by atoms with Gasteiger partial charge in [-0.1, -0.05) is 43.1 Å². The largest absolute Gasteiger partial charge is 0.486 e. The lowest BCUT2D eigenvalue weighted by Crippen LogP contribution is -2.51. The summed E-state index contributed by atoms with van der Waals surface area (Å²) >= 11 is 12.7. The van der Waals surface area contributed by atoms with Gasteiger partial charge >= 0.3 is 0 Å². The van der Waals surface area contributed by atoms with Gasteiger partial charge in [0, 0.05) is 34.8 Å². The number of amides is 2. The predicted octanol–water partition coefficient (Wildman–Crippen LogP) is 3.72. The smallest absolute Gasteiger partial charge is 0.244 e. The molecule has 0 saturated heterocycles. The van der Waals surface area contributed by atoms with E-state index in [0.717, 1.165) is 10.6 Å². The second-order valence-corrected chi connectivity index (χ2v) is 11.9. The van der Waals surface area contributed by atoms with Crippen LogP contribution in [0.3, 0.4) is 0 Å². The molecule has 1 aliphatic heterocycles. The SMILES string of the molecule is CC(C)CNC(=O)C(C)N(Cc1c(Cl)cccc1Cl)C(=O)CN(c1ccc2c(c1)OCCO2)S(C)(=O)=O. The Balaban J connectivity index is 1.94. The van der Waals surface area contributed by atoms with E-state index in [2.05, 4.69) is 5.32 Å². The second-order valence-electron chi connectivity index (χ2n) is 9.13. The molecule has 1 unspecified atom stereocenters. The summed E-state index contributed by atoms with van der Waals surface area (Å²) in [6.45, 7) is 5.97. The molecule has 0 spiro atoms. The fourth-order valence-corrected chi connectivity index (χ4v) is 5.05. The van der Waals surface area contributed by atoms with Crippen molar-refractivity contribution in [2.24, 2.45) is 5.92 Å². The predicted molar refractivity (Wildman–Crippen MR) is 144 cm³/mol. The zero-order valence-electron chi connectivity index (χ0n) is 21.2. The molecule has 2 aromatic carbocycles. The minimum atomic E-state index is -3.89. The lowest BCUT2D eigenvalue weighted by molar-refractivity contribution is -0.139. The van der Waals surface area contributed by atoms with Gasteiger partial charge in [-0.05, 0) is 37.1 Å². The van der Waals surface area contributed by atoms with Crippen molar-refractivity contribution in [3.05, 3.63) is 52.0 Å². The fourth-order valence-electron chi connectivity index (χ4n) is 3.69. The normalized spacial score (nSPS) is 13.7. The average Bonchev–Trinajstić information content (AvgIpc) is 2.84.